The number of aliphatic hydroxyl groups excluding tert-OH is 1. The van der Waals surface area contributed by atoms with E-state index in [0.717, 1.165) is 22.4 Å². The van der Waals surface area contributed by atoms with Gasteiger partial charge in [0.15, 0.2) is 0 Å². The summed E-state index contributed by atoms with van der Waals surface area (Å²) >= 11 is 0. The molecule has 1 amide bonds. The molecule has 2 aromatic carbocycles. The lowest BCUT2D eigenvalue weighted by molar-refractivity contribution is 0.0483. The summed E-state index contributed by atoms with van der Waals surface area (Å²) in [7, 11) is 0. The highest BCUT2D eigenvalue weighted by molar-refractivity contribution is 5.68. The number of ether oxygens (including phenoxy) is 2. The molecule has 0 aliphatic rings. The lowest BCUT2D eigenvalue weighted by Gasteiger charge is -2.23. The van der Waals surface area contributed by atoms with Gasteiger partial charge in [-0.1, -0.05) is 12.1 Å². The minimum Gasteiger partial charge on any atom is -0.508 e. The van der Waals surface area contributed by atoms with Gasteiger partial charge >= 0.3 is 6.09 Å². The van der Waals surface area contributed by atoms with Crippen LogP contribution in [-0.2, 0) is 11.2 Å². The number of amides is 1. The fourth-order valence-corrected chi connectivity index (χ4v) is 2.87. The molecule has 3 N–H and O–H groups in total. The second kappa shape index (κ2) is 8.97. The Kier molecular flexibility index (Phi) is 6.91. The van der Waals surface area contributed by atoms with Gasteiger partial charge < -0.3 is 25.0 Å². The summed E-state index contributed by atoms with van der Waals surface area (Å²) in [5, 5.41) is 21.7. The van der Waals surface area contributed by atoms with E-state index in [0.29, 0.717) is 12.2 Å². The maximum atomic E-state index is 12.0. The Morgan fingerprint density at radius 1 is 1.11 bits per heavy atom. The van der Waals surface area contributed by atoms with Crippen molar-refractivity contribution >= 4 is 6.09 Å². The average molecular weight is 387 g/mol. The number of aromatic hydroxyl groups is 1. The standard InChI is InChI=1S/C22H29NO5/c1-14-10-16(12-17(13-24)23-21(26)28-22(3,4)5)11-15(2)20(14)27-19-8-6-18(25)7-9-19/h6-11,17,24-25H,12-13H2,1-5H3,(H,23,26). The van der Waals surface area contributed by atoms with Crippen LogP contribution in [0.1, 0.15) is 37.5 Å². The molecule has 6 heteroatoms. The number of phenols is 1. The first-order chi connectivity index (χ1) is 13.1. The van der Waals surface area contributed by atoms with Crippen LogP contribution in [0.5, 0.6) is 17.2 Å². The van der Waals surface area contributed by atoms with Crippen molar-refractivity contribution in [2.24, 2.45) is 0 Å². The SMILES string of the molecule is Cc1cc(CC(CO)NC(=O)OC(C)(C)C)cc(C)c1Oc1ccc(O)cc1. The lowest BCUT2D eigenvalue weighted by atomic mass is 10.0. The number of aliphatic hydroxyl groups is 1. The number of nitrogens with one attached hydrogen (secondary N) is 1. The Morgan fingerprint density at radius 3 is 2.18 bits per heavy atom. The predicted octanol–water partition coefficient (Wildman–Crippen LogP) is 4.23. The Hall–Kier alpha value is -2.73. The zero-order valence-electron chi connectivity index (χ0n) is 17.1. The number of carbonyl (C=O) groups excluding carboxylic acids is 1. The van der Waals surface area contributed by atoms with Crippen molar-refractivity contribution in [2.45, 2.75) is 52.7 Å². The Morgan fingerprint density at radius 2 is 1.68 bits per heavy atom. The summed E-state index contributed by atoms with van der Waals surface area (Å²) in [5.41, 5.74) is 2.27. The minimum absolute atomic E-state index is 0.184. The van der Waals surface area contributed by atoms with Crippen LogP contribution >= 0.6 is 0 Å². The Bertz CT molecular complexity index is 786. The molecule has 2 aromatic rings. The van der Waals surface area contributed by atoms with Crippen LogP contribution in [0.25, 0.3) is 0 Å². The molecular weight excluding hydrogens is 358 g/mol. The molecule has 1 unspecified atom stereocenters. The summed E-state index contributed by atoms with van der Waals surface area (Å²) in [6, 6.07) is 10.1. The smallest absolute Gasteiger partial charge is 0.407 e. The second-order valence-corrected chi connectivity index (χ2v) is 7.88. The van der Waals surface area contributed by atoms with Crippen molar-refractivity contribution in [3.8, 4) is 17.2 Å². The van der Waals surface area contributed by atoms with Crippen LogP contribution in [0.3, 0.4) is 0 Å². The molecule has 2 rings (SSSR count). The molecule has 0 saturated carbocycles. The van der Waals surface area contributed by atoms with Gasteiger partial charge in [0.2, 0.25) is 0 Å². The lowest BCUT2D eigenvalue weighted by Crippen LogP contribution is -2.42. The largest absolute Gasteiger partial charge is 0.508 e. The predicted molar refractivity (Wildman–Crippen MR) is 108 cm³/mol. The number of hydrogen-bond donors (Lipinski definition) is 3. The van der Waals surface area contributed by atoms with E-state index in [9.17, 15) is 15.0 Å². The van der Waals surface area contributed by atoms with Crippen molar-refractivity contribution in [3.63, 3.8) is 0 Å². The van der Waals surface area contributed by atoms with Crippen LogP contribution in [0.15, 0.2) is 36.4 Å². The first-order valence-corrected chi connectivity index (χ1v) is 9.25. The number of carbonyl (C=O) groups is 1. The van der Waals surface area contributed by atoms with Gasteiger partial charge in [-0.2, -0.15) is 0 Å². The van der Waals surface area contributed by atoms with Gasteiger partial charge in [-0.25, -0.2) is 4.79 Å². The van der Waals surface area contributed by atoms with Crippen LogP contribution in [0.2, 0.25) is 0 Å². The number of benzene rings is 2. The molecule has 6 nitrogen and oxygen atoms in total. The van der Waals surface area contributed by atoms with Crippen molar-refractivity contribution in [2.75, 3.05) is 6.61 Å². The molecule has 0 radical (unpaired) electrons. The first-order valence-electron chi connectivity index (χ1n) is 9.25. The van der Waals surface area contributed by atoms with Crippen LogP contribution in [0, 0.1) is 13.8 Å². The van der Waals surface area contributed by atoms with Gasteiger partial charge in [0.05, 0.1) is 12.6 Å². The molecule has 0 bridgehead atoms. The number of aryl methyl sites for hydroxylation is 2. The number of alkyl carbamates (subject to hydrolysis) is 1. The molecule has 0 heterocycles. The minimum atomic E-state index is -0.593. The average Bonchev–Trinajstić information content (AvgIpc) is 2.57. The normalized spacial score (nSPS) is 12.4. The van der Waals surface area contributed by atoms with Crippen LogP contribution in [0.4, 0.5) is 4.79 Å². The molecule has 0 saturated heterocycles. The van der Waals surface area contributed by atoms with Gasteiger partial charge in [0, 0.05) is 0 Å². The second-order valence-electron chi connectivity index (χ2n) is 7.88. The third kappa shape index (κ3) is 6.46. The van der Waals surface area contributed by atoms with E-state index >= 15 is 0 Å². The zero-order chi connectivity index (χ0) is 20.9. The van der Waals surface area contributed by atoms with E-state index in [4.69, 9.17) is 9.47 Å². The summed E-state index contributed by atoms with van der Waals surface area (Å²) in [5.74, 6) is 1.57. The first kappa shape index (κ1) is 21.6. The van der Waals surface area contributed by atoms with Crippen molar-refractivity contribution < 1.29 is 24.5 Å². The van der Waals surface area contributed by atoms with Crippen LogP contribution in [-0.4, -0.2) is 34.6 Å². The van der Waals surface area contributed by atoms with E-state index in [2.05, 4.69) is 5.32 Å². The summed E-state index contributed by atoms with van der Waals surface area (Å²) in [6.07, 6.45) is -0.0797. The van der Waals surface area contributed by atoms with Crippen LogP contribution < -0.4 is 10.1 Å². The van der Waals surface area contributed by atoms with Gasteiger partial charge in [0.25, 0.3) is 0 Å². The molecule has 152 valence electrons. The van der Waals surface area contributed by atoms with E-state index in [1.165, 1.54) is 0 Å². The molecule has 0 spiro atoms. The number of rotatable bonds is 6. The quantitative estimate of drug-likeness (QED) is 0.690. The highest BCUT2D eigenvalue weighted by Crippen LogP contribution is 2.31. The highest BCUT2D eigenvalue weighted by atomic mass is 16.6. The molecule has 0 fully saturated rings. The maximum Gasteiger partial charge on any atom is 0.407 e. The Balaban J connectivity index is 2.09. The Labute approximate surface area is 166 Å². The molecule has 0 aliphatic carbocycles. The van der Waals surface area contributed by atoms with E-state index in [1.54, 1.807) is 45.0 Å². The van der Waals surface area contributed by atoms with Gasteiger partial charge in [0.1, 0.15) is 22.8 Å². The van der Waals surface area contributed by atoms with Gasteiger partial charge in [-0.15, -0.1) is 0 Å². The molecular formula is C22H29NO5. The van der Waals surface area contributed by atoms with Gasteiger partial charge in [-0.3, -0.25) is 0 Å². The summed E-state index contributed by atoms with van der Waals surface area (Å²) in [6.45, 7) is 9.08. The van der Waals surface area contributed by atoms with Crippen molar-refractivity contribution in [1.82, 2.24) is 5.32 Å². The third-order valence-corrected chi connectivity index (χ3v) is 4.00. The fourth-order valence-electron chi connectivity index (χ4n) is 2.87. The third-order valence-electron chi connectivity index (χ3n) is 4.00. The molecule has 1 atom stereocenters. The zero-order valence-corrected chi connectivity index (χ0v) is 17.1. The van der Waals surface area contributed by atoms with Crippen molar-refractivity contribution in [3.05, 3.63) is 53.1 Å². The maximum absolute atomic E-state index is 12.0. The highest BCUT2D eigenvalue weighted by Gasteiger charge is 2.20. The summed E-state index contributed by atoms with van der Waals surface area (Å²) < 4.78 is 11.2. The van der Waals surface area contributed by atoms with Gasteiger partial charge in [-0.05, 0) is 82.0 Å². The summed E-state index contributed by atoms with van der Waals surface area (Å²) in [4.78, 5) is 12.0. The molecule has 0 aliphatic heterocycles. The number of phenolic OH excluding ortho intramolecular Hbond substituents is 1. The van der Waals surface area contributed by atoms with E-state index < -0.39 is 17.7 Å². The molecule has 28 heavy (non-hydrogen) atoms. The van der Waals surface area contributed by atoms with E-state index in [-0.39, 0.29) is 12.4 Å². The number of hydrogen-bond acceptors (Lipinski definition) is 5. The van der Waals surface area contributed by atoms with E-state index in [1.807, 2.05) is 26.0 Å². The topological polar surface area (TPSA) is 88.0 Å². The fraction of sp³-hybridized carbons (Fsp3) is 0.409. The molecule has 0 aromatic heterocycles. The monoisotopic (exact) mass is 387 g/mol. The van der Waals surface area contributed by atoms with Crippen molar-refractivity contribution in [1.29, 1.82) is 0 Å².